The van der Waals surface area contributed by atoms with Crippen LogP contribution >= 0.6 is 0 Å². The summed E-state index contributed by atoms with van der Waals surface area (Å²) >= 11 is 0. The first kappa shape index (κ1) is 23.7. The summed E-state index contributed by atoms with van der Waals surface area (Å²) in [5.74, 6) is -0.384. The summed E-state index contributed by atoms with van der Waals surface area (Å²) in [6, 6.07) is 21.0. The molecular weight excluding hydrogens is 450 g/mol. The second kappa shape index (κ2) is 9.79. The third kappa shape index (κ3) is 5.03. The summed E-state index contributed by atoms with van der Waals surface area (Å²) < 4.78 is 27.7. The van der Waals surface area contributed by atoms with Crippen molar-refractivity contribution in [3.63, 3.8) is 0 Å². The molecule has 7 nitrogen and oxygen atoms in total. The van der Waals surface area contributed by atoms with Crippen molar-refractivity contribution in [2.45, 2.75) is 18.7 Å². The molecule has 1 aliphatic rings. The van der Waals surface area contributed by atoms with Gasteiger partial charge in [-0.2, -0.15) is 4.31 Å². The summed E-state index contributed by atoms with van der Waals surface area (Å²) in [4.78, 5) is 27.2. The Morgan fingerprint density at radius 2 is 1.44 bits per heavy atom. The van der Waals surface area contributed by atoms with Gasteiger partial charge in [-0.05, 0) is 67.4 Å². The van der Waals surface area contributed by atoms with E-state index in [0.29, 0.717) is 40.4 Å². The lowest BCUT2D eigenvalue weighted by Crippen LogP contribution is -2.50. The van der Waals surface area contributed by atoms with Crippen molar-refractivity contribution in [2.24, 2.45) is 0 Å². The smallest absolute Gasteiger partial charge is 0.255 e. The fourth-order valence-electron chi connectivity index (χ4n) is 3.93. The van der Waals surface area contributed by atoms with Gasteiger partial charge in [0.2, 0.25) is 10.0 Å². The molecule has 1 heterocycles. The van der Waals surface area contributed by atoms with E-state index >= 15 is 0 Å². The number of aryl methyl sites for hydroxylation is 2. The van der Waals surface area contributed by atoms with Gasteiger partial charge in [-0.1, -0.05) is 30.3 Å². The Kier molecular flexibility index (Phi) is 6.81. The van der Waals surface area contributed by atoms with Crippen LogP contribution in [0.15, 0.2) is 77.7 Å². The number of hydrogen-bond donors (Lipinski definition) is 1. The minimum Gasteiger partial charge on any atom is -0.336 e. The van der Waals surface area contributed by atoms with Crippen molar-refractivity contribution < 1.29 is 18.0 Å². The highest BCUT2D eigenvalue weighted by atomic mass is 32.2. The van der Waals surface area contributed by atoms with Crippen molar-refractivity contribution in [1.29, 1.82) is 0 Å². The second-order valence-corrected chi connectivity index (χ2v) is 10.3. The van der Waals surface area contributed by atoms with E-state index < -0.39 is 10.0 Å². The zero-order chi connectivity index (χ0) is 24.3. The molecule has 0 aliphatic carbocycles. The van der Waals surface area contributed by atoms with Crippen molar-refractivity contribution in [3.05, 3.63) is 95.1 Å². The van der Waals surface area contributed by atoms with Gasteiger partial charge >= 0.3 is 0 Å². The van der Waals surface area contributed by atoms with Crippen LogP contribution in [0.2, 0.25) is 0 Å². The molecule has 8 heteroatoms. The van der Waals surface area contributed by atoms with Crippen LogP contribution in [0.3, 0.4) is 0 Å². The normalized spacial score (nSPS) is 14.6. The molecule has 0 aromatic heterocycles. The molecule has 0 bridgehead atoms. The number of carbonyl (C=O) groups excluding carboxylic acids is 2. The number of amides is 2. The third-order valence-corrected chi connectivity index (χ3v) is 7.95. The summed E-state index contributed by atoms with van der Waals surface area (Å²) in [6.07, 6.45) is 0. The van der Waals surface area contributed by atoms with E-state index in [9.17, 15) is 18.0 Å². The molecule has 176 valence electrons. The van der Waals surface area contributed by atoms with E-state index in [0.717, 1.165) is 5.56 Å². The Morgan fingerprint density at radius 1 is 0.794 bits per heavy atom. The van der Waals surface area contributed by atoms with Crippen LogP contribution in [0.5, 0.6) is 0 Å². The number of hydrogen-bond acceptors (Lipinski definition) is 4. The van der Waals surface area contributed by atoms with E-state index in [4.69, 9.17) is 0 Å². The van der Waals surface area contributed by atoms with Crippen LogP contribution in [0.1, 0.15) is 31.8 Å². The van der Waals surface area contributed by atoms with Crippen LogP contribution in [0, 0.1) is 13.8 Å². The van der Waals surface area contributed by atoms with Gasteiger partial charge in [0.25, 0.3) is 11.8 Å². The molecule has 0 atom stereocenters. The molecule has 2 amide bonds. The molecule has 0 unspecified atom stereocenters. The predicted molar refractivity (Wildman–Crippen MR) is 131 cm³/mol. The Bertz CT molecular complexity index is 1300. The minimum atomic E-state index is -3.61. The fourth-order valence-corrected chi connectivity index (χ4v) is 5.66. The highest BCUT2D eigenvalue weighted by Gasteiger charge is 2.31. The quantitative estimate of drug-likeness (QED) is 0.607. The zero-order valence-corrected chi connectivity index (χ0v) is 20.0. The molecule has 4 rings (SSSR count). The minimum absolute atomic E-state index is 0.162. The van der Waals surface area contributed by atoms with Gasteiger partial charge in [0.1, 0.15) is 0 Å². The lowest BCUT2D eigenvalue weighted by atomic mass is 10.1. The van der Waals surface area contributed by atoms with E-state index in [1.165, 1.54) is 4.31 Å². The summed E-state index contributed by atoms with van der Waals surface area (Å²) in [5.41, 5.74) is 3.24. The maximum absolute atomic E-state index is 13.1. The van der Waals surface area contributed by atoms with Crippen molar-refractivity contribution in [3.8, 4) is 0 Å². The molecule has 0 spiro atoms. The lowest BCUT2D eigenvalue weighted by Gasteiger charge is -2.34. The van der Waals surface area contributed by atoms with Crippen molar-refractivity contribution >= 4 is 27.5 Å². The summed E-state index contributed by atoms with van der Waals surface area (Å²) in [5, 5.41) is 2.81. The number of rotatable bonds is 5. The Balaban J connectivity index is 1.38. The number of piperazine rings is 1. The average molecular weight is 478 g/mol. The maximum Gasteiger partial charge on any atom is 0.255 e. The van der Waals surface area contributed by atoms with Crippen LogP contribution in [-0.2, 0) is 10.0 Å². The largest absolute Gasteiger partial charge is 0.336 e. The van der Waals surface area contributed by atoms with Crippen molar-refractivity contribution in [2.75, 3.05) is 31.5 Å². The Labute approximate surface area is 200 Å². The second-order valence-electron chi connectivity index (χ2n) is 8.36. The van der Waals surface area contributed by atoms with E-state index in [1.807, 2.05) is 25.1 Å². The first-order valence-corrected chi connectivity index (χ1v) is 12.5. The monoisotopic (exact) mass is 477 g/mol. The van der Waals surface area contributed by atoms with Gasteiger partial charge < -0.3 is 10.2 Å². The molecule has 34 heavy (non-hydrogen) atoms. The molecule has 1 aliphatic heterocycles. The lowest BCUT2D eigenvalue weighted by molar-refractivity contribution is 0.0698. The third-order valence-electron chi connectivity index (χ3n) is 5.91. The van der Waals surface area contributed by atoms with Crippen LogP contribution in [-0.4, -0.2) is 55.6 Å². The molecule has 0 radical (unpaired) electrons. The van der Waals surface area contributed by atoms with Crippen LogP contribution in [0.4, 0.5) is 5.69 Å². The van der Waals surface area contributed by atoms with E-state index in [1.54, 1.807) is 66.4 Å². The molecule has 0 saturated carbocycles. The molecule has 3 aromatic carbocycles. The molecule has 1 N–H and O–H groups in total. The topological polar surface area (TPSA) is 86.8 Å². The van der Waals surface area contributed by atoms with Gasteiger partial charge in [0.05, 0.1) is 4.90 Å². The SMILES string of the molecule is Cc1ccc(C)c(S(=O)(=O)N2CCN(C(=O)c3ccc(NC(=O)c4ccccc4)cc3)CC2)c1. The average Bonchev–Trinajstić information content (AvgIpc) is 2.86. The number of anilines is 1. The molecule has 1 fully saturated rings. The first-order chi connectivity index (χ1) is 16.3. The number of benzene rings is 3. The number of nitrogens with one attached hydrogen (secondary N) is 1. The fraction of sp³-hybridized carbons (Fsp3) is 0.231. The van der Waals surface area contributed by atoms with Gasteiger partial charge in [0.15, 0.2) is 0 Å². The maximum atomic E-state index is 13.1. The predicted octanol–water partition coefficient (Wildman–Crippen LogP) is 3.70. The first-order valence-electron chi connectivity index (χ1n) is 11.1. The Hall–Kier alpha value is -3.49. The summed E-state index contributed by atoms with van der Waals surface area (Å²) in [7, 11) is -3.61. The highest BCUT2D eigenvalue weighted by molar-refractivity contribution is 7.89. The van der Waals surface area contributed by atoms with Gasteiger partial charge in [-0.3, -0.25) is 9.59 Å². The van der Waals surface area contributed by atoms with Crippen molar-refractivity contribution in [1.82, 2.24) is 9.21 Å². The van der Waals surface area contributed by atoms with E-state index in [-0.39, 0.29) is 24.9 Å². The molecule has 3 aromatic rings. The van der Waals surface area contributed by atoms with E-state index in [2.05, 4.69) is 5.32 Å². The van der Waals surface area contributed by atoms with Gasteiger partial charge in [-0.15, -0.1) is 0 Å². The highest BCUT2D eigenvalue weighted by Crippen LogP contribution is 2.23. The van der Waals surface area contributed by atoms with Crippen LogP contribution in [0.25, 0.3) is 0 Å². The zero-order valence-electron chi connectivity index (χ0n) is 19.2. The van der Waals surface area contributed by atoms with Crippen LogP contribution < -0.4 is 5.32 Å². The standard InChI is InChI=1S/C26H27N3O4S/c1-19-8-9-20(2)24(18-19)34(32,33)29-16-14-28(15-17-29)26(31)22-10-12-23(13-11-22)27-25(30)21-6-4-3-5-7-21/h3-13,18H,14-17H2,1-2H3,(H,27,30). The van der Waals surface area contributed by atoms with Gasteiger partial charge in [0, 0.05) is 43.0 Å². The summed E-state index contributed by atoms with van der Waals surface area (Å²) in [6.45, 7) is 4.77. The molecule has 1 saturated heterocycles. The Morgan fingerprint density at radius 3 is 2.09 bits per heavy atom. The molecular formula is C26H27N3O4S. The number of nitrogens with zero attached hydrogens (tertiary/aromatic N) is 2. The number of carbonyl (C=O) groups is 2. The van der Waals surface area contributed by atoms with Gasteiger partial charge in [-0.25, -0.2) is 8.42 Å². The number of sulfonamides is 1.